The molecular weight excluding hydrogens is 199 g/mol. The second-order valence-electron chi connectivity index (χ2n) is 2.07. The first kappa shape index (κ1) is 8.85. The molecule has 58 valence electrons. The molecule has 0 saturated heterocycles. The van der Waals surface area contributed by atoms with Crippen LogP contribution in [-0.4, -0.2) is 0 Å². The Morgan fingerprint density at radius 3 is 2.73 bits per heavy atom. The van der Waals surface area contributed by atoms with Gasteiger partial charge < -0.3 is 0 Å². The van der Waals surface area contributed by atoms with Gasteiger partial charge in [-0.2, -0.15) is 0 Å². The molecule has 0 amide bonds. The number of rotatable bonds is 0. The molecule has 0 nitrogen and oxygen atoms in total. The fourth-order valence-corrected chi connectivity index (χ4v) is 2.06. The van der Waals surface area contributed by atoms with Crippen LogP contribution >= 0.6 is 35.3 Å². The van der Waals surface area contributed by atoms with E-state index >= 15 is 0 Å². The first-order valence-corrected chi connectivity index (χ1v) is 4.25. The quantitative estimate of drug-likeness (QED) is 0.610. The van der Waals surface area contributed by atoms with Crippen LogP contribution < -0.4 is 0 Å². The zero-order valence-electron chi connectivity index (χ0n) is 5.58. The van der Waals surface area contributed by atoms with Gasteiger partial charge >= 0.3 is 0 Å². The first-order chi connectivity index (χ1) is 4.88. The molecular formula is C8H6Cl2S. The number of hydrogen-bond donors (Lipinski definition) is 0. The van der Waals surface area contributed by atoms with Crippen molar-refractivity contribution >= 4 is 45.4 Å². The minimum atomic E-state index is 0. The topological polar surface area (TPSA) is 0 Å². The summed E-state index contributed by atoms with van der Waals surface area (Å²) in [4.78, 5) is 0. The van der Waals surface area contributed by atoms with E-state index in [1.54, 1.807) is 11.3 Å². The third-order valence-corrected chi connectivity index (χ3v) is 2.65. The molecule has 0 unspecified atom stereocenters. The molecule has 11 heavy (non-hydrogen) atoms. The van der Waals surface area contributed by atoms with E-state index in [1.807, 2.05) is 18.2 Å². The Morgan fingerprint density at radius 1 is 1.18 bits per heavy atom. The maximum Gasteiger partial charge on any atom is 0.0492 e. The Morgan fingerprint density at radius 2 is 2.00 bits per heavy atom. The average Bonchev–Trinajstić information content (AvgIpc) is 2.36. The summed E-state index contributed by atoms with van der Waals surface area (Å²) in [7, 11) is 0. The van der Waals surface area contributed by atoms with E-state index in [-0.39, 0.29) is 12.4 Å². The number of benzene rings is 1. The monoisotopic (exact) mass is 204 g/mol. The zero-order chi connectivity index (χ0) is 6.97. The molecule has 0 aliphatic heterocycles. The summed E-state index contributed by atoms with van der Waals surface area (Å²) in [6.07, 6.45) is 0. The van der Waals surface area contributed by atoms with Gasteiger partial charge in [-0.25, -0.2) is 0 Å². The molecule has 0 N–H and O–H groups in total. The van der Waals surface area contributed by atoms with Crippen molar-refractivity contribution < 1.29 is 0 Å². The van der Waals surface area contributed by atoms with Gasteiger partial charge in [0.25, 0.3) is 0 Å². The third-order valence-electron chi connectivity index (χ3n) is 1.44. The summed E-state index contributed by atoms with van der Waals surface area (Å²) in [6, 6.07) is 8.01. The molecule has 2 aromatic rings. The fourth-order valence-electron chi connectivity index (χ4n) is 0.957. The van der Waals surface area contributed by atoms with Crippen molar-refractivity contribution in [3.63, 3.8) is 0 Å². The van der Waals surface area contributed by atoms with Crippen molar-refractivity contribution in [3.05, 3.63) is 34.7 Å². The lowest BCUT2D eigenvalue weighted by Gasteiger charge is -1.89. The number of fused-ring (bicyclic) bond motifs is 1. The first-order valence-electron chi connectivity index (χ1n) is 2.99. The van der Waals surface area contributed by atoms with Crippen molar-refractivity contribution in [2.24, 2.45) is 0 Å². The van der Waals surface area contributed by atoms with Crippen molar-refractivity contribution in [3.8, 4) is 0 Å². The minimum absolute atomic E-state index is 0. The summed E-state index contributed by atoms with van der Waals surface area (Å²) in [5.41, 5.74) is 0. The molecule has 2 rings (SSSR count). The smallest absolute Gasteiger partial charge is 0.0492 e. The Bertz CT molecular complexity index is 354. The predicted molar refractivity (Wildman–Crippen MR) is 54.1 cm³/mol. The molecule has 0 atom stereocenters. The number of thiophene rings is 1. The van der Waals surface area contributed by atoms with Gasteiger partial charge in [0.1, 0.15) is 0 Å². The van der Waals surface area contributed by atoms with Gasteiger partial charge in [-0.1, -0.05) is 17.7 Å². The molecule has 0 radical (unpaired) electrons. The molecule has 0 saturated carbocycles. The van der Waals surface area contributed by atoms with Gasteiger partial charge in [-0.15, -0.1) is 23.7 Å². The maximum absolute atomic E-state index is 5.91. The predicted octanol–water partition coefficient (Wildman–Crippen LogP) is 3.98. The van der Waals surface area contributed by atoms with E-state index in [2.05, 4.69) is 11.4 Å². The summed E-state index contributed by atoms with van der Waals surface area (Å²) in [5, 5.41) is 4.06. The second kappa shape index (κ2) is 3.44. The highest BCUT2D eigenvalue weighted by Crippen LogP contribution is 2.26. The molecule has 0 bridgehead atoms. The Labute approximate surface area is 80.2 Å². The van der Waals surface area contributed by atoms with Gasteiger partial charge in [-0.05, 0) is 23.6 Å². The highest BCUT2D eigenvalue weighted by atomic mass is 35.5. The van der Waals surface area contributed by atoms with Crippen molar-refractivity contribution in [1.29, 1.82) is 0 Å². The van der Waals surface area contributed by atoms with E-state index in [9.17, 15) is 0 Å². The van der Waals surface area contributed by atoms with Gasteiger partial charge in [0.15, 0.2) is 0 Å². The number of halogens is 2. The zero-order valence-corrected chi connectivity index (χ0v) is 7.97. The Hall–Kier alpha value is -0.240. The van der Waals surface area contributed by atoms with Crippen LogP contribution in [0.4, 0.5) is 0 Å². The minimum Gasteiger partial charge on any atom is -0.147 e. The Balaban J connectivity index is 0.000000605. The number of hydrogen-bond acceptors (Lipinski definition) is 1. The van der Waals surface area contributed by atoms with Crippen LogP contribution in [0.2, 0.25) is 5.02 Å². The van der Waals surface area contributed by atoms with Gasteiger partial charge in [0, 0.05) is 15.1 Å². The van der Waals surface area contributed by atoms with E-state index in [4.69, 9.17) is 11.6 Å². The molecule has 1 aromatic carbocycles. The van der Waals surface area contributed by atoms with Crippen molar-refractivity contribution in [2.75, 3.05) is 0 Å². The second-order valence-corrected chi connectivity index (χ2v) is 3.43. The molecule has 0 aliphatic rings. The molecule has 1 heterocycles. The summed E-state index contributed by atoms with van der Waals surface area (Å²) < 4.78 is 1.26. The summed E-state index contributed by atoms with van der Waals surface area (Å²) in [5.74, 6) is 0. The maximum atomic E-state index is 5.91. The van der Waals surface area contributed by atoms with Crippen molar-refractivity contribution in [2.45, 2.75) is 0 Å². The van der Waals surface area contributed by atoms with Crippen LogP contribution in [0.5, 0.6) is 0 Å². The van der Waals surface area contributed by atoms with Crippen LogP contribution in [0.1, 0.15) is 0 Å². The van der Waals surface area contributed by atoms with Crippen LogP contribution in [0.15, 0.2) is 29.6 Å². The van der Waals surface area contributed by atoms with Crippen LogP contribution in [0.3, 0.4) is 0 Å². The summed E-state index contributed by atoms with van der Waals surface area (Å²) >= 11 is 7.62. The van der Waals surface area contributed by atoms with E-state index in [1.165, 1.54) is 4.70 Å². The van der Waals surface area contributed by atoms with Crippen molar-refractivity contribution in [1.82, 2.24) is 0 Å². The highest BCUT2D eigenvalue weighted by molar-refractivity contribution is 7.17. The normalized spacial score (nSPS) is 9.55. The molecule has 0 fully saturated rings. The molecule has 1 aromatic heterocycles. The van der Waals surface area contributed by atoms with E-state index < -0.39 is 0 Å². The lowest BCUT2D eigenvalue weighted by atomic mass is 10.3. The third kappa shape index (κ3) is 1.51. The van der Waals surface area contributed by atoms with E-state index in [0.717, 1.165) is 10.4 Å². The lowest BCUT2D eigenvalue weighted by molar-refractivity contribution is 1.85. The average molecular weight is 205 g/mol. The van der Waals surface area contributed by atoms with Crippen LogP contribution in [0, 0.1) is 0 Å². The highest BCUT2D eigenvalue weighted by Gasteiger charge is 1.96. The lowest BCUT2D eigenvalue weighted by Crippen LogP contribution is -1.62. The standard InChI is InChI=1S/C8H5ClS.ClH/c9-7-2-1-3-8-6(7)4-5-10-8;/h1-5H;1H. The molecule has 0 aliphatic carbocycles. The molecule has 0 spiro atoms. The fraction of sp³-hybridized carbons (Fsp3) is 0. The summed E-state index contributed by atoms with van der Waals surface area (Å²) in [6.45, 7) is 0. The van der Waals surface area contributed by atoms with Gasteiger partial charge in [0.2, 0.25) is 0 Å². The van der Waals surface area contributed by atoms with Gasteiger partial charge in [0.05, 0.1) is 0 Å². The Kier molecular flexibility index (Phi) is 2.77. The molecule has 3 heteroatoms. The van der Waals surface area contributed by atoms with Gasteiger partial charge in [-0.3, -0.25) is 0 Å². The van der Waals surface area contributed by atoms with Crippen LogP contribution in [0.25, 0.3) is 10.1 Å². The SMILES string of the molecule is Cl.Clc1cccc2sccc12. The van der Waals surface area contributed by atoms with E-state index in [0.29, 0.717) is 0 Å². The largest absolute Gasteiger partial charge is 0.147 e. The van der Waals surface area contributed by atoms with Crippen LogP contribution in [-0.2, 0) is 0 Å².